The minimum atomic E-state index is 0.564. The number of hydrogen-bond donors (Lipinski definition) is 1. The van der Waals surface area contributed by atoms with Crippen molar-refractivity contribution in [1.82, 2.24) is 4.98 Å². The first kappa shape index (κ1) is 10.2. The van der Waals surface area contributed by atoms with Crippen LogP contribution in [0.3, 0.4) is 0 Å². The molecule has 15 heavy (non-hydrogen) atoms. The molecule has 0 saturated carbocycles. The third kappa shape index (κ3) is 1.55. The maximum atomic E-state index is 6.08. The van der Waals surface area contributed by atoms with E-state index in [0.29, 0.717) is 10.7 Å². The van der Waals surface area contributed by atoms with Gasteiger partial charge in [0.15, 0.2) is 0 Å². The molecule has 1 aromatic carbocycles. The van der Waals surface area contributed by atoms with Crippen molar-refractivity contribution in [2.24, 2.45) is 0 Å². The van der Waals surface area contributed by atoms with Crippen LogP contribution in [-0.2, 0) is 0 Å². The van der Waals surface area contributed by atoms with Gasteiger partial charge < -0.3 is 5.73 Å². The SMILES string of the molecule is Cc1cc(C)c2c(N)c(Cl)c(C)nc2c1. The van der Waals surface area contributed by atoms with E-state index in [9.17, 15) is 0 Å². The van der Waals surface area contributed by atoms with E-state index in [2.05, 4.69) is 11.1 Å². The first-order chi connectivity index (χ1) is 7.00. The Labute approximate surface area is 94.1 Å². The van der Waals surface area contributed by atoms with E-state index >= 15 is 0 Å². The molecule has 3 heteroatoms. The van der Waals surface area contributed by atoms with Gasteiger partial charge in [0.1, 0.15) is 0 Å². The molecule has 0 radical (unpaired) electrons. The molecule has 0 bridgehead atoms. The number of rotatable bonds is 0. The van der Waals surface area contributed by atoms with Gasteiger partial charge in [0.25, 0.3) is 0 Å². The molecule has 2 nitrogen and oxygen atoms in total. The van der Waals surface area contributed by atoms with Crippen molar-refractivity contribution < 1.29 is 0 Å². The van der Waals surface area contributed by atoms with E-state index < -0.39 is 0 Å². The van der Waals surface area contributed by atoms with Gasteiger partial charge in [-0.25, -0.2) is 0 Å². The Bertz CT molecular complexity index is 547. The van der Waals surface area contributed by atoms with Gasteiger partial charge in [0.2, 0.25) is 0 Å². The van der Waals surface area contributed by atoms with Crippen LogP contribution in [0.15, 0.2) is 12.1 Å². The first-order valence-corrected chi connectivity index (χ1v) is 5.21. The van der Waals surface area contributed by atoms with Gasteiger partial charge in [-0.3, -0.25) is 4.98 Å². The molecule has 0 aliphatic carbocycles. The molecule has 2 rings (SSSR count). The predicted molar refractivity (Wildman–Crippen MR) is 65.4 cm³/mol. The van der Waals surface area contributed by atoms with E-state index in [1.807, 2.05) is 26.8 Å². The molecule has 0 aliphatic rings. The minimum absolute atomic E-state index is 0.564. The van der Waals surface area contributed by atoms with Crippen molar-refractivity contribution in [2.75, 3.05) is 5.73 Å². The van der Waals surface area contributed by atoms with Gasteiger partial charge in [-0.1, -0.05) is 17.7 Å². The number of nitrogens with zero attached hydrogens (tertiary/aromatic N) is 1. The quantitative estimate of drug-likeness (QED) is 0.739. The molecule has 0 amide bonds. The van der Waals surface area contributed by atoms with Crippen molar-refractivity contribution in [3.8, 4) is 0 Å². The standard InChI is InChI=1S/C12H13ClN2/c1-6-4-7(2)10-9(5-6)15-8(3)11(13)12(10)14/h4-5H,1-3H3,(H2,14,15). The zero-order valence-corrected chi connectivity index (χ0v) is 9.81. The third-order valence-corrected chi connectivity index (χ3v) is 3.05. The molecule has 78 valence electrons. The lowest BCUT2D eigenvalue weighted by Crippen LogP contribution is -1.97. The Hall–Kier alpha value is -1.28. The van der Waals surface area contributed by atoms with Gasteiger partial charge >= 0.3 is 0 Å². The Morgan fingerprint density at radius 1 is 1.20 bits per heavy atom. The number of aromatic nitrogens is 1. The van der Waals surface area contributed by atoms with Crippen LogP contribution in [0.2, 0.25) is 5.02 Å². The summed E-state index contributed by atoms with van der Waals surface area (Å²) >= 11 is 6.08. The lowest BCUT2D eigenvalue weighted by Gasteiger charge is -2.10. The summed E-state index contributed by atoms with van der Waals surface area (Å²) in [6.07, 6.45) is 0. The number of pyridine rings is 1. The Morgan fingerprint density at radius 3 is 2.53 bits per heavy atom. The van der Waals surface area contributed by atoms with Crippen molar-refractivity contribution >= 4 is 28.2 Å². The van der Waals surface area contributed by atoms with E-state index in [4.69, 9.17) is 17.3 Å². The summed E-state index contributed by atoms with van der Waals surface area (Å²) in [4.78, 5) is 4.45. The number of halogens is 1. The Kier molecular flexibility index (Phi) is 2.31. The highest BCUT2D eigenvalue weighted by Gasteiger charge is 2.10. The normalized spacial score (nSPS) is 10.9. The molecule has 0 atom stereocenters. The molecule has 0 fully saturated rings. The van der Waals surface area contributed by atoms with Crippen molar-refractivity contribution in [1.29, 1.82) is 0 Å². The van der Waals surface area contributed by atoms with Crippen molar-refractivity contribution in [3.63, 3.8) is 0 Å². The second-order valence-electron chi connectivity index (χ2n) is 3.90. The monoisotopic (exact) mass is 220 g/mol. The summed E-state index contributed by atoms with van der Waals surface area (Å²) in [5, 5.41) is 1.53. The molecule has 0 aliphatic heterocycles. The van der Waals surface area contributed by atoms with Crippen LogP contribution in [0, 0.1) is 20.8 Å². The highest BCUT2D eigenvalue weighted by molar-refractivity contribution is 6.35. The van der Waals surface area contributed by atoms with Gasteiger partial charge in [-0.15, -0.1) is 0 Å². The molecule has 0 spiro atoms. The zero-order valence-electron chi connectivity index (χ0n) is 9.06. The molecule has 2 aromatic rings. The summed E-state index contributed by atoms with van der Waals surface area (Å²) < 4.78 is 0. The summed E-state index contributed by atoms with van der Waals surface area (Å²) in [5.41, 5.74) is 10.7. The van der Waals surface area contributed by atoms with Crippen molar-refractivity contribution in [2.45, 2.75) is 20.8 Å². The second-order valence-corrected chi connectivity index (χ2v) is 4.28. The zero-order chi connectivity index (χ0) is 11.2. The molecule has 1 aromatic heterocycles. The topological polar surface area (TPSA) is 38.9 Å². The average Bonchev–Trinajstić information content (AvgIpc) is 2.13. The number of aryl methyl sites for hydroxylation is 3. The van der Waals surface area contributed by atoms with Crippen LogP contribution in [-0.4, -0.2) is 4.98 Å². The number of nitrogen functional groups attached to an aromatic ring is 1. The number of fused-ring (bicyclic) bond motifs is 1. The van der Waals surface area contributed by atoms with Crippen LogP contribution in [0.25, 0.3) is 10.9 Å². The lowest BCUT2D eigenvalue weighted by molar-refractivity contribution is 1.25. The van der Waals surface area contributed by atoms with Gasteiger partial charge in [0, 0.05) is 5.39 Å². The van der Waals surface area contributed by atoms with Gasteiger partial charge in [-0.2, -0.15) is 0 Å². The fourth-order valence-corrected chi connectivity index (χ4v) is 2.05. The Morgan fingerprint density at radius 2 is 1.87 bits per heavy atom. The van der Waals surface area contributed by atoms with Crippen molar-refractivity contribution in [3.05, 3.63) is 34.0 Å². The lowest BCUT2D eigenvalue weighted by atomic mass is 10.0. The molecular weight excluding hydrogens is 208 g/mol. The van der Waals surface area contributed by atoms with E-state index in [1.54, 1.807) is 0 Å². The molecule has 1 heterocycles. The highest BCUT2D eigenvalue weighted by Crippen LogP contribution is 2.32. The molecular formula is C12H13ClN2. The molecule has 2 N–H and O–H groups in total. The smallest absolute Gasteiger partial charge is 0.0854 e. The average molecular weight is 221 g/mol. The fraction of sp³-hybridized carbons (Fsp3) is 0.250. The fourth-order valence-electron chi connectivity index (χ4n) is 1.92. The maximum absolute atomic E-state index is 6.08. The molecule has 0 unspecified atom stereocenters. The van der Waals surface area contributed by atoms with Gasteiger partial charge in [-0.05, 0) is 38.0 Å². The van der Waals surface area contributed by atoms with Crippen LogP contribution < -0.4 is 5.73 Å². The number of hydrogen-bond acceptors (Lipinski definition) is 2. The van der Waals surface area contributed by atoms with Crippen LogP contribution >= 0.6 is 11.6 Å². The van der Waals surface area contributed by atoms with Crippen LogP contribution in [0.5, 0.6) is 0 Å². The summed E-state index contributed by atoms with van der Waals surface area (Å²) in [6, 6.07) is 4.12. The number of nitrogens with two attached hydrogens (primary N) is 1. The van der Waals surface area contributed by atoms with E-state index in [-0.39, 0.29) is 0 Å². The van der Waals surface area contributed by atoms with Crippen LogP contribution in [0.1, 0.15) is 16.8 Å². The van der Waals surface area contributed by atoms with E-state index in [0.717, 1.165) is 22.2 Å². The molecule has 0 saturated heterocycles. The minimum Gasteiger partial charge on any atom is -0.397 e. The van der Waals surface area contributed by atoms with E-state index in [1.165, 1.54) is 5.56 Å². The maximum Gasteiger partial charge on any atom is 0.0854 e. The summed E-state index contributed by atoms with van der Waals surface area (Å²) in [5.74, 6) is 0. The summed E-state index contributed by atoms with van der Waals surface area (Å²) in [6.45, 7) is 5.95. The first-order valence-electron chi connectivity index (χ1n) is 4.83. The summed E-state index contributed by atoms with van der Waals surface area (Å²) in [7, 11) is 0. The Balaban J connectivity index is 2.99. The number of benzene rings is 1. The third-order valence-electron chi connectivity index (χ3n) is 2.57. The van der Waals surface area contributed by atoms with Gasteiger partial charge in [0.05, 0.1) is 21.9 Å². The number of anilines is 1. The second kappa shape index (κ2) is 3.38. The van der Waals surface area contributed by atoms with Crippen LogP contribution in [0.4, 0.5) is 5.69 Å². The predicted octanol–water partition coefficient (Wildman–Crippen LogP) is 3.40. The highest BCUT2D eigenvalue weighted by atomic mass is 35.5. The largest absolute Gasteiger partial charge is 0.397 e.